The first-order valence-electron chi connectivity index (χ1n) is 5.56. The topological polar surface area (TPSA) is 12.9 Å². The van der Waals surface area contributed by atoms with E-state index in [1.165, 1.54) is 0 Å². The van der Waals surface area contributed by atoms with Gasteiger partial charge in [-0.05, 0) is 24.5 Å². The van der Waals surface area contributed by atoms with Crippen molar-refractivity contribution in [3.8, 4) is 0 Å². The Morgan fingerprint density at radius 3 is 1.86 bits per heavy atom. The highest BCUT2D eigenvalue weighted by Gasteiger charge is 1.81. The minimum absolute atomic E-state index is 0.833. The van der Waals surface area contributed by atoms with Crippen LogP contribution in [0.3, 0.4) is 0 Å². The van der Waals surface area contributed by atoms with Crippen LogP contribution in [0, 0.1) is 5.92 Å². The Balaban J connectivity index is 0. The lowest BCUT2D eigenvalue weighted by molar-refractivity contribution is 0.737. The smallest absolute Gasteiger partial charge is 0.0400 e. The number of nitrogens with zero attached hydrogens (tertiary/aromatic N) is 1. The third-order valence-electron chi connectivity index (χ3n) is 1.09. The lowest BCUT2D eigenvalue weighted by atomic mass is 10.3. The molecule has 0 unspecified atom stereocenters. The number of hydrogen-bond donors (Lipinski definition) is 0. The quantitative estimate of drug-likeness (QED) is 0.650. The van der Waals surface area contributed by atoms with Gasteiger partial charge in [0.25, 0.3) is 0 Å². The maximum absolute atomic E-state index is 4.10. The molecule has 1 rings (SSSR count). The molecule has 1 heteroatoms. The first kappa shape index (κ1) is 15.6. The molecule has 0 spiro atoms. The van der Waals surface area contributed by atoms with Gasteiger partial charge in [0.2, 0.25) is 0 Å². The molecule has 0 saturated carbocycles. The van der Waals surface area contributed by atoms with E-state index in [1.54, 1.807) is 0 Å². The van der Waals surface area contributed by atoms with Gasteiger partial charge in [-0.25, -0.2) is 0 Å². The maximum Gasteiger partial charge on any atom is 0.0400 e. The Bertz CT molecular complexity index is 177. The van der Waals surface area contributed by atoms with Crippen molar-refractivity contribution < 1.29 is 0 Å². The standard InChI is InChI=1S/C7H9N.C4H10.C2H6/c1-2-7-5-3-4-6-8-7;1-4(2)3;1-2/h3-6H,2H2,1H3;4H,1-3H3;1-2H3. The molecular weight excluding hydrogens is 170 g/mol. The van der Waals surface area contributed by atoms with Gasteiger partial charge in [0.1, 0.15) is 0 Å². The van der Waals surface area contributed by atoms with E-state index in [0.29, 0.717) is 0 Å². The summed E-state index contributed by atoms with van der Waals surface area (Å²) in [7, 11) is 0. The average molecular weight is 195 g/mol. The van der Waals surface area contributed by atoms with Crippen molar-refractivity contribution in [3.63, 3.8) is 0 Å². The second kappa shape index (κ2) is 12.2. The highest BCUT2D eigenvalue weighted by Crippen LogP contribution is 1.91. The predicted octanol–water partition coefficient (Wildman–Crippen LogP) is 4.33. The second-order valence-corrected chi connectivity index (χ2v) is 3.41. The van der Waals surface area contributed by atoms with Gasteiger partial charge in [0, 0.05) is 11.9 Å². The molecule has 14 heavy (non-hydrogen) atoms. The van der Waals surface area contributed by atoms with Crippen LogP contribution in [0.15, 0.2) is 24.4 Å². The first-order valence-corrected chi connectivity index (χ1v) is 5.56. The van der Waals surface area contributed by atoms with Gasteiger partial charge in [-0.3, -0.25) is 4.98 Å². The molecule has 1 nitrogen and oxygen atoms in total. The third-order valence-corrected chi connectivity index (χ3v) is 1.09. The molecular formula is C13H25N. The summed E-state index contributed by atoms with van der Waals surface area (Å²) in [4.78, 5) is 4.10. The molecule has 1 aromatic heterocycles. The van der Waals surface area contributed by atoms with E-state index in [4.69, 9.17) is 0 Å². The van der Waals surface area contributed by atoms with Crippen LogP contribution < -0.4 is 0 Å². The van der Waals surface area contributed by atoms with Crippen LogP contribution in [0.1, 0.15) is 47.2 Å². The van der Waals surface area contributed by atoms with E-state index in [9.17, 15) is 0 Å². The molecule has 0 aromatic carbocycles. The zero-order chi connectivity index (χ0) is 11.4. The summed E-state index contributed by atoms with van der Waals surface area (Å²) in [5.74, 6) is 0.833. The van der Waals surface area contributed by atoms with Gasteiger partial charge < -0.3 is 0 Å². The molecule has 0 atom stereocenters. The van der Waals surface area contributed by atoms with E-state index >= 15 is 0 Å². The van der Waals surface area contributed by atoms with Gasteiger partial charge in [0.15, 0.2) is 0 Å². The fourth-order valence-corrected chi connectivity index (χ4v) is 0.607. The monoisotopic (exact) mass is 195 g/mol. The van der Waals surface area contributed by atoms with Crippen molar-refractivity contribution in [1.29, 1.82) is 0 Å². The van der Waals surface area contributed by atoms with E-state index in [-0.39, 0.29) is 0 Å². The summed E-state index contributed by atoms with van der Waals surface area (Å²) >= 11 is 0. The van der Waals surface area contributed by atoms with Crippen molar-refractivity contribution in [1.82, 2.24) is 4.98 Å². The fourth-order valence-electron chi connectivity index (χ4n) is 0.607. The molecule has 0 aliphatic heterocycles. The lowest BCUT2D eigenvalue weighted by Crippen LogP contribution is -1.81. The summed E-state index contributed by atoms with van der Waals surface area (Å²) in [5, 5.41) is 0. The number of aromatic nitrogens is 1. The van der Waals surface area contributed by atoms with Gasteiger partial charge in [-0.2, -0.15) is 0 Å². The zero-order valence-electron chi connectivity index (χ0n) is 10.5. The highest BCUT2D eigenvalue weighted by atomic mass is 14.6. The van der Waals surface area contributed by atoms with Crippen LogP contribution in [0.5, 0.6) is 0 Å². The maximum atomic E-state index is 4.10. The van der Waals surface area contributed by atoms with Gasteiger partial charge in [-0.1, -0.05) is 47.6 Å². The van der Waals surface area contributed by atoms with Crippen molar-refractivity contribution in [2.75, 3.05) is 0 Å². The third kappa shape index (κ3) is 13.7. The molecule has 82 valence electrons. The van der Waals surface area contributed by atoms with Gasteiger partial charge in [-0.15, -0.1) is 0 Å². The van der Waals surface area contributed by atoms with Gasteiger partial charge >= 0.3 is 0 Å². The van der Waals surface area contributed by atoms with Crippen LogP contribution in [0.25, 0.3) is 0 Å². The largest absolute Gasteiger partial charge is 0.261 e. The Morgan fingerprint density at radius 1 is 1.14 bits per heavy atom. The Morgan fingerprint density at radius 2 is 1.64 bits per heavy atom. The molecule has 0 N–H and O–H groups in total. The summed E-state index contributed by atoms with van der Waals surface area (Å²) in [5.41, 5.74) is 1.16. The van der Waals surface area contributed by atoms with E-state index in [2.05, 4.69) is 32.7 Å². The summed E-state index contributed by atoms with van der Waals surface area (Å²) < 4.78 is 0. The van der Waals surface area contributed by atoms with Gasteiger partial charge in [0.05, 0.1) is 0 Å². The number of rotatable bonds is 1. The van der Waals surface area contributed by atoms with E-state index < -0.39 is 0 Å². The minimum Gasteiger partial charge on any atom is -0.261 e. The molecule has 0 saturated heterocycles. The van der Waals surface area contributed by atoms with E-state index in [1.807, 2.05) is 38.2 Å². The fraction of sp³-hybridized carbons (Fsp3) is 0.615. The lowest BCUT2D eigenvalue weighted by Gasteiger charge is -1.88. The van der Waals surface area contributed by atoms with Crippen molar-refractivity contribution in [3.05, 3.63) is 30.1 Å². The highest BCUT2D eigenvalue weighted by molar-refractivity contribution is 5.02. The van der Waals surface area contributed by atoms with Crippen LogP contribution in [-0.4, -0.2) is 4.98 Å². The minimum atomic E-state index is 0.833. The van der Waals surface area contributed by atoms with Crippen LogP contribution >= 0.6 is 0 Å². The summed E-state index contributed by atoms with van der Waals surface area (Å²) in [6.45, 7) is 12.6. The molecule has 0 bridgehead atoms. The number of hydrogen-bond acceptors (Lipinski definition) is 1. The molecule has 0 aliphatic carbocycles. The normalized spacial score (nSPS) is 8.21. The predicted molar refractivity (Wildman–Crippen MR) is 65.5 cm³/mol. The molecule has 0 radical (unpaired) electrons. The summed E-state index contributed by atoms with van der Waals surface area (Å²) in [6.07, 6.45) is 2.85. The number of pyridine rings is 1. The van der Waals surface area contributed by atoms with Crippen LogP contribution in [-0.2, 0) is 6.42 Å². The van der Waals surface area contributed by atoms with Crippen molar-refractivity contribution >= 4 is 0 Å². The Labute approximate surface area is 89.6 Å². The Kier molecular flexibility index (Phi) is 13.6. The molecule has 0 amide bonds. The average Bonchev–Trinajstić information content (AvgIpc) is 2.21. The summed E-state index contributed by atoms with van der Waals surface area (Å²) in [6, 6.07) is 5.96. The molecule has 1 aromatic rings. The zero-order valence-corrected chi connectivity index (χ0v) is 10.5. The molecule has 0 fully saturated rings. The van der Waals surface area contributed by atoms with E-state index in [0.717, 1.165) is 18.0 Å². The first-order chi connectivity index (χ1) is 6.66. The Hall–Kier alpha value is -0.850. The number of aryl methyl sites for hydroxylation is 1. The SMILES string of the molecule is CC.CC(C)C.CCc1ccccn1. The second-order valence-electron chi connectivity index (χ2n) is 3.41. The van der Waals surface area contributed by atoms with Crippen molar-refractivity contribution in [2.24, 2.45) is 5.92 Å². The molecule has 1 heterocycles. The van der Waals surface area contributed by atoms with Crippen LogP contribution in [0.4, 0.5) is 0 Å². The van der Waals surface area contributed by atoms with Crippen LogP contribution in [0.2, 0.25) is 0 Å². The van der Waals surface area contributed by atoms with Crippen molar-refractivity contribution in [2.45, 2.75) is 48.0 Å². The molecule has 0 aliphatic rings.